The normalized spacial score (nSPS) is 12.4. The minimum absolute atomic E-state index is 0.145. The molecular formula is C18H22O3. The second-order valence-electron chi connectivity index (χ2n) is 5.32. The monoisotopic (exact) mass is 286 g/mol. The SMILES string of the molecule is COCc1cccc(C(O)c2ccc(OC(C)C)cc2)c1. The Morgan fingerprint density at radius 1 is 1.00 bits per heavy atom. The van der Waals surface area contributed by atoms with E-state index >= 15 is 0 Å². The first kappa shape index (κ1) is 15.5. The second kappa shape index (κ2) is 7.25. The Balaban J connectivity index is 2.15. The van der Waals surface area contributed by atoms with Gasteiger partial charge in [0.15, 0.2) is 0 Å². The lowest BCUT2D eigenvalue weighted by Gasteiger charge is -2.14. The Morgan fingerprint density at radius 3 is 2.33 bits per heavy atom. The Morgan fingerprint density at radius 2 is 1.71 bits per heavy atom. The van der Waals surface area contributed by atoms with Crippen LogP contribution in [0.2, 0.25) is 0 Å². The Bertz CT molecular complexity index is 561. The molecule has 0 heterocycles. The molecule has 0 aliphatic carbocycles. The molecule has 0 saturated carbocycles. The summed E-state index contributed by atoms with van der Waals surface area (Å²) in [5, 5.41) is 10.5. The van der Waals surface area contributed by atoms with Gasteiger partial charge in [0.05, 0.1) is 12.7 Å². The van der Waals surface area contributed by atoms with Crippen molar-refractivity contribution in [2.24, 2.45) is 0 Å². The van der Waals surface area contributed by atoms with E-state index in [-0.39, 0.29) is 6.10 Å². The first-order chi connectivity index (χ1) is 10.1. The highest BCUT2D eigenvalue weighted by Gasteiger charge is 2.11. The molecule has 21 heavy (non-hydrogen) atoms. The molecule has 3 heteroatoms. The van der Waals surface area contributed by atoms with Gasteiger partial charge in [-0.3, -0.25) is 0 Å². The highest BCUT2D eigenvalue weighted by atomic mass is 16.5. The first-order valence-corrected chi connectivity index (χ1v) is 7.12. The maximum absolute atomic E-state index is 10.5. The van der Waals surface area contributed by atoms with Crippen molar-refractivity contribution in [1.82, 2.24) is 0 Å². The largest absolute Gasteiger partial charge is 0.491 e. The van der Waals surface area contributed by atoms with Crippen molar-refractivity contribution < 1.29 is 14.6 Å². The van der Waals surface area contributed by atoms with Crippen LogP contribution in [0.1, 0.15) is 36.6 Å². The fourth-order valence-corrected chi connectivity index (χ4v) is 2.21. The van der Waals surface area contributed by atoms with Gasteiger partial charge in [0, 0.05) is 7.11 Å². The van der Waals surface area contributed by atoms with Crippen molar-refractivity contribution in [2.45, 2.75) is 32.7 Å². The van der Waals surface area contributed by atoms with Crippen LogP contribution in [0.15, 0.2) is 48.5 Å². The van der Waals surface area contributed by atoms with Gasteiger partial charge in [0.25, 0.3) is 0 Å². The van der Waals surface area contributed by atoms with Gasteiger partial charge in [0.2, 0.25) is 0 Å². The van der Waals surface area contributed by atoms with Crippen molar-refractivity contribution in [3.63, 3.8) is 0 Å². The van der Waals surface area contributed by atoms with Crippen LogP contribution in [-0.4, -0.2) is 18.3 Å². The summed E-state index contributed by atoms with van der Waals surface area (Å²) in [5.74, 6) is 0.814. The lowest BCUT2D eigenvalue weighted by atomic mass is 10.00. The van der Waals surface area contributed by atoms with Crippen LogP contribution >= 0.6 is 0 Å². The topological polar surface area (TPSA) is 38.7 Å². The van der Waals surface area contributed by atoms with Crippen LogP contribution in [-0.2, 0) is 11.3 Å². The molecule has 1 atom stereocenters. The van der Waals surface area contributed by atoms with E-state index in [2.05, 4.69) is 0 Å². The second-order valence-corrected chi connectivity index (χ2v) is 5.32. The van der Waals surface area contributed by atoms with Crippen molar-refractivity contribution in [2.75, 3.05) is 7.11 Å². The molecular weight excluding hydrogens is 264 g/mol. The molecule has 2 aromatic rings. The minimum Gasteiger partial charge on any atom is -0.491 e. The molecule has 0 saturated heterocycles. The zero-order chi connectivity index (χ0) is 15.2. The molecule has 2 rings (SSSR count). The van der Waals surface area contributed by atoms with E-state index in [4.69, 9.17) is 9.47 Å². The Hall–Kier alpha value is -1.84. The van der Waals surface area contributed by atoms with Crippen LogP contribution in [0, 0.1) is 0 Å². The van der Waals surface area contributed by atoms with Crippen LogP contribution in [0.5, 0.6) is 5.75 Å². The van der Waals surface area contributed by atoms with E-state index in [0.717, 1.165) is 22.4 Å². The Kier molecular flexibility index (Phi) is 5.37. The van der Waals surface area contributed by atoms with Gasteiger partial charge in [-0.05, 0) is 42.7 Å². The molecule has 1 N–H and O–H groups in total. The van der Waals surface area contributed by atoms with E-state index in [1.165, 1.54) is 0 Å². The molecule has 1 unspecified atom stereocenters. The molecule has 0 fully saturated rings. The van der Waals surface area contributed by atoms with Gasteiger partial charge in [0.1, 0.15) is 11.9 Å². The molecule has 3 nitrogen and oxygen atoms in total. The lowest BCUT2D eigenvalue weighted by Crippen LogP contribution is -2.06. The summed E-state index contributed by atoms with van der Waals surface area (Å²) < 4.78 is 10.7. The number of ether oxygens (including phenoxy) is 2. The maximum atomic E-state index is 10.5. The third-order valence-electron chi connectivity index (χ3n) is 3.15. The van der Waals surface area contributed by atoms with Crippen molar-refractivity contribution >= 4 is 0 Å². The van der Waals surface area contributed by atoms with Gasteiger partial charge < -0.3 is 14.6 Å². The quantitative estimate of drug-likeness (QED) is 0.880. The third kappa shape index (κ3) is 4.31. The highest BCUT2D eigenvalue weighted by Crippen LogP contribution is 2.25. The zero-order valence-corrected chi connectivity index (χ0v) is 12.7. The summed E-state index contributed by atoms with van der Waals surface area (Å²) in [5.41, 5.74) is 2.76. The smallest absolute Gasteiger partial charge is 0.119 e. The van der Waals surface area contributed by atoms with Gasteiger partial charge in [-0.2, -0.15) is 0 Å². The number of hydrogen-bond donors (Lipinski definition) is 1. The van der Waals surface area contributed by atoms with Crippen molar-refractivity contribution in [3.05, 3.63) is 65.2 Å². The van der Waals surface area contributed by atoms with Crippen LogP contribution in [0.4, 0.5) is 0 Å². The zero-order valence-electron chi connectivity index (χ0n) is 12.7. The third-order valence-corrected chi connectivity index (χ3v) is 3.15. The number of aliphatic hydroxyl groups is 1. The van der Waals surface area contributed by atoms with Crippen LogP contribution in [0.25, 0.3) is 0 Å². The molecule has 0 spiro atoms. The first-order valence-electron chi connectivity index (χ1n) is 7.12. The molecule has 0 aliphatic heterocycles. The van der Waals surface area contributed by atoms with E-state index in [0.29, 0.717) is 6.61 Å². The summed E-state index contributed by atoms with van der Waals surface area (Å²) in [6.07, 6.45) is -0.499. The maximum Gasteiger partial charge on any atom is 0.119 e. The number of benzene rings is 2. The van der Waals surface area contributed by atoms with E-state index in [1.54, 1.807) is 7.11 Å². The Labute approximate surface area is 126 Å². The van der Waals surface area contributed by atoms with Crippen LogP contribution in [0.3, 0.4) is 0 Å². The molecule has 0 aliphatic rings. The van der Waals surface area contributed by atoms with Crippen LogP contribution < -0.4 is 4.74 Å². The van der Waals surface area contributed by atoms with Gasteiger partial charge in [-0.25, -0.2) is 0 Å². The fraction of sp³-hybridized carbons (Fsp3) is 0.333. The predicted molar refractivity (Wildman–Crippen MR) is 83.4 cm³/mol. The summed E-state index contributed by atoms with van der Waals surface area (Å²) in [6.45, 7) is 4.52. The number of methoxy groups -OCH3 is 1. The number of hydrogen-bond acceptors (Lipinski definition) is 3. The van der Waals surface area contributed by atoms with E-state index < -0.39 is 6.10 Å². The average molecular weight is 286 g/mol. The molecule has 0 amide bonds. The molecule has 0 aromatic heterocycles. The van der Waals surface area contributed by atoms with Crippen molar-refractivity contribution in [1.29, 1.82) is 0 Å². The summed E-state index contributed by atoms with van der Waals surface area (Å²) in [7, 11) is 1.66. The van der Waals surface area contributed by atoms with E-state index in [9.17, 15) is 5.11 Å². The highest BCUT2D eigenvalue weighted by molar-refractivity contribution is 5.35. The lowest BCUT2D eigenvalue weighted by molar-refractivity contribution is 0.184. The number of aliphatic hydroxyl groups excluding tert-OH is 1. The predicted octanol–water partition coefficient (Wildman–Crippen LogP) is 3.70. The minimum atomic E-state index is -0.644. The molecule has 0 bridgehead atoms. The summed E-state index contributed by atoms with van der Waals surface area (Å²) in [4.78, 5) is 0. The van der Waals surface area contributed by atoms with Gasteiger partial charge in [-0.15, -0.1) is 0 Å². The average Bonchev–Trinajstić information content (AvgIpc) is 2.47. The molecule has 2 aromatic carbocycles. The molecule has 0 radical (unpaired) electrons. The molecule has 112 valence electrons. The van der Waals surface area contributed by atoms with Gasteiger partial charge >= 0.3 is 0 Å². The van der Waals surface area contributed by atoms with E-state index in [1.807, 2.05) is 62.4 Å². The van der Waals surface area contributed by atoms with Gasteiger partial charge in [-0.1, -0.05) is 36.4 Å². The summed E-state index contributed by atoms with van der Waals surface area (Å²) >= 11 is 0. The number of rotatable bonds is 6. The summed E-state index contributed by atoms with van der Waals surface area (Å²) in [6, 6.07) is 15.4. The fourth-order valence-electron chi connectivity index (χ4n) is 2.21. The van der Waals surface area contributed by atoms with Crippen molar-refractivity contribution in [3.8, 4) is 5.75 Å². The standard InChI is InChI=1S/C18H22O3/c1-13(2)21-17-9-7-15(8-10-17)18(19)16-6-4-5-14(11-16)12-20-3/h4-11,13,18-19H,12H2,1-3H3.